The first-order valence-electron chi connectivity index (χ1n) is 6.57. The van der Waals surface area contributed by atoms with E-state index in [1.165, 1.54) is 0 Å². The van der Waals surface area contributed by atoms with Crippen molar-refractivity contribution in [3.05, 3.63) is 22.2 Å². The third-order valence-electron chi connectivity index (χ3n) is 2.93. The van der Waals surface area contributed by atoms with Crippen LogP contribution in [-0.2, 0) is 4.79 Å². The number of nitrogens with one attached hydrogen (secondary N) is 3. The van der Waals surface area contributed by atoms with Gasteiger partial charge in [-0.15, -0.1) is 0 Å². The van der Waals surface area contributed by atoms with Crippen LogP contribution in [0.5, 0.6) is 0 Å². The minimum atomic E-state index is -0.157. The number of rotatable bonds is 2. The fourth-order valence-electron chi connectivity index (χ4n) is 2.11. The lowest BCUT2D eigenvalue weighted by Gasteiger charge is -2.15. The summed E-state index contributed by atoms with van der Waals surface area (Å²) in [4.78, 5) is 23.8. The summed E-state index contributed by atoms with van der Waals surface area (Å²) in [6.45, 7) is 5.75. The lowest BCUT2D eigenvalue weighted by molar-refractivity contribution is -0.116. The Morgan fingerprint density at radius 2 is 2.15 bits per heavy atom. The Kier molecular flexibility index (Phi) is 4.32. The molecule has 0 fully saturated rings. The highest BCUT2D eigenvalue weighted by Crippen LogP contribution is 2.35. The molecular formula is C14H18BrN3O2. The number of anilines is 2. The van der Waals surface area contributed by atoms with Crippen molar-refractivity contribution in [2.24, 2.45) is 0 Å². The monoisotopic (exact) mass is 339 g/mol. The zero-order valence-electron chi connectivity index (χ0n) is 11.7. The van der Waals surface area contributed by atoms with Gasteiger partial charge in [-0.1, -0.05) is 0 Å². The molecule has 1 heterocycles. The summed E-state index contributed by atoms with van der Waals surface area (Å²) in [5.74, 6) is -0.216. The molecule has 2 amide bonds. The molecule has 0 spiro atoms. The molecule has 0 saturated heterocycles. The number of halogens is 1. The molecule has 3 N–H and O–H groups in total. The number of hydrogen-bond donors (Lipinski definition) is 3. The second-order valence-electron chi connectivity index (χ2n) is 5.31. The van der Waals surface area contributed by atoms with Gasteiger partial charge in [0.25, 0.3) is 5.91 Å². The second-order valence-corrected chi connectivity index (χ2v) is 6.16. The lowest BCUT2D eigenvalue weighted by atomic mass is 10.1. The summed E-state index contributed by atoms with van der Waals surface area (Å²) >= 11 is 3.46. The molecule has 0 radical (unpaired) electrons. The Hall–Kier alpha value is -1.56. The van der Waals surface area contributed by atoms with E-state index in [0.29, 0.717) is 17.7 Å². The molecule has 0 bridgehead atoms. The Bertz CT molecular complexity index is 558. The van der Waals surface area contributed by atoms with Gasteiger partial charge in [0.1, 0.15) is 0 Å². The van der Waals surface area contributed by atoms with E-state index in [2.05, 4.69) is 31.9 Å². The fourth-order valence-corrected chi connectivity index (χ4v) is 2.68. The molecule has 0 saturated carbocycles. The standard InChI is InChI=1S/C14H18BrN3O2/c1-7(2)16-14(20)9-5-10(15)13-11(6-9)18-12(19)4-8(3)17-13/h5-8,17H,4H2,1-3H3,(H,16,20)(H,18,19). The van der Waals surface area contributed by atoms with Crippen LogP contribution < -0.4 is 16.0 Å². The van der Waals surface area contributed by atoms with E-state index in [1.807, 2.05) is 20.8 Å². The predicted octanol–water partition coefficient (Wildman–Crippen LogP) is 2.73. The molecule has 0 aromatic heterocycles. The molecule has 1 atom stereocenters. The molecule has 6 heteroatoms. The molecular weight excluding hydrogens is 322 g/mol. The fraction of sp³-hybridized carbons (Fsp3) is 0.429. The van der Waals surface area contributed by atoms with E-state index in [-0.39, 0.29) is 23.9 Å². The quantitative estimate of drug-likeness (QED) is 0.775. The number of hydrogen-bond acceptors (Lipinski definition) is 3. The van der Waals surface area contributed by atoms with Crippen molar-refractivity contribution in [3.8, 4) is 0 Å². The summed E-state index contributed by atoms with van der Waals surface area (Å²) < 4.78 is 0.762. The highest BCUT2D eigenvalue weighted by atomic mass is 79.9. The SMILES string of the molecule is CC(C)NC(=O)c1cc(Br)c2c(c1)NC(=O)CC(C)N2. The average molecular weight is 340 g/mol. The van der Waals surface area contributed by atoms with Crippen LogP contribution >= 0.6 is 15.9 Å². The predicted molar refractivity (Wildman–Crippen MR) is 83.1 cm³/mol. The van der Waals surface area contributed by atoms with Crippen molar-refractivity contribution in [1.29, 1.82) is 0 Å². The van der Waals surface area contributed by atoms with Crippen LogP contribution in [0.15, 0.2) is 16.6 Å². The molecule has 1 aliphatic rings. The Balaban J connectivity index is 2.39. The van der Waals surface area contributed by atoms with Crippen LogP contribution in [0.1, 0.15) is 37.6 Å². The normalized spacial score (nSPS) is 17.9. The molecule has 20 heavy (non-hydrogen) atoms. The molecule has 5 nitrogen and oxygen atoms in total. The first-order chi connectivity index (χ1) is 9.36. The molecule has 1 aromatic rings. The van der Waals surface area contributed by atoms with Gasteiger partial charge in [0, 0.05) is 28.5 Å². The van der Waals surface area contributed by atoms with Crippen LogP contribution in [-0.4, -0.2) is 23.9 Å². The van der Waals surface area contributed by atoms with Gasteiger partial charge in [0.2, 0.25) is 5.91 Å². The summed E-state index contributed by atoms with van der Waals surface area (Å²) in [5.41, 5.74) is 1.95. The van der Waals surface area contributed by atoms with Crippen LogP contribution in [0.3, 0.4) is 0 Å². The van der Waals surface area contributed by atoms with Crippen LogP contribution in [0.2, 0.25) is 0 Å². The van der Waals surface area contributed by atoms with E-state index in [1.54, 1.807) is 12.1 Å². The van der Waals surface area contributed by atoms with Gasteiger partial charge in [-0.3, -0.25) is 9.59 Å². The van der Waals surface area contributed by atoms with Gasteiger partial charge in [-0.25, -0.2) is 0 Å². The molecule has 1 aliphatic heterocycles. The Morgan fingerprint density at radius 3 is 2.80 bits per heavy atom. The van der Waals surface area contributed by atoms with Crippen LogP contribution in [0.4, 0.5) is 11.4 Å². The molecule has 108 valence electrons. The molecule has 2 rings (SSSR count). The van der Waals surface area contributed by atoms with Crippen molar-refractivity contribution < 1.29 is 9.59 Å². The zero-order valence-corrected chi connectivity index (χ0v) is 13.3. The average Bonchev–Trinajstić information content (AvgIpc) is 2.45. The number of benzene rings is 1. The van der Waals surface area contributed by atoms with E-state index in [4.69, 9.17) is 0 Å². The maximum atomic E-state index is 12.1. The molecule has 1 aromatic carbocycles. The van der Waals surface area contributed by atoms with E-state index >= 15 is 0 Å². The van der Waals surface area contributed by atoms with Crippen molar-refractivity contribution >= 4 is 39.1 Å². The summed E-state index contributed by atoms with van der Waals surface area (Å²) in [6, 6.07) is 3.56. The Labute approximate surface area is 126 Å². The number of carbonyl (C=O) groups is 2. The maximum Gasteiger partial charge on any atom is 0.251 e. The number of carbonyl (C=O) groups excluding carboxylic acids is 2. The van der Waals surface area contributed by atoms with E-state index in [0.717, 1.165) is 10.2 Å². The topological polar surface area (TPSA) is 70.2 Å². The third-order valence-corrected chi connectivity index (χ3v) is 3.55. The van der Waals surface area contributed by atoms with Gasteiger partial charge < -0.3 is 16.0 Å². The van der Waals surface area contributed by atoms with E-state index in [9.17, 15) is 9.59 Å². The van der Waals surface area contributed by atoms with Crippen molar-refractivity contribution in [3.63, 3.8) is 0 Å². The van der Waals surface area contributed by atoms with Gasteiger partial charge in [0.15, 0.2) is 0 Å². The highest BCUT2D eigenvalue weighted by molar-refractivity contribution is 9.10. The van der Waals surface area contributed by atoms with Crippen molar-refractivity contribution in [2.75, 3.05) is 10.6 Å². The summed E-state index contributed by atoms with van der Waals surface area (Å²) in [5, 5.41) is 8.93. The first kappa shape index (κ1) is 14.8. The minimum absolute atomic E-state index is 0.0443. The zero-order chi connectivity index (χ0) is 14.9. The van der Waals surface area contributed by atoms with Crippen LogP contribution in [0.25, 0.3) is 0 Å². The van der Waals surface area contributed by atoms with Gasteiger partial charge in [0.05, 0.1) is 11.4 Å². The minimum Gasteiger partial charge on any atom is -0.379 e. The Morgan fingerprint density at radius 1 is 1.45 bits per heavy atom. The third kappa shape index (κ3) is 3.30. The van der Waals surface area contributed by atoms with E-state index < -0.39 is 0 Å². The van der Waals surface area contributed by atoms with Crippen molar-refractivity contribution in [2.45, 2.75) is 39.3 Å². The van der Waals surface area contributed by atoms with Gasteiger partial charge >= 0.3 is 0 Å². The summed E-state index contributed by atoms with van der Waals surface area (Å²) in [6.07, 6.45) is 0.397. The van der Waals surface area contributed by atoms with Gasteiger partial charge in [-0.2, -0.15) is 0 Å². The first-order valence-corrected chi connectivity index (χ1v) is 7.37. The largest absolute Gasteiger partial charge is 0.379 e. The maximum absolute atomic E-state index is 12.1. The highest BCUT2D eigenvalue weighted by Gasteiger charge is 2.21. The van der Waals surface area contributed by atoms with Crippen LogP contribution in [0, 0.1) is 0 Å². The molecule has 1 unspecified atom stereocenters. The lowest BCUT2D eigenvalue weighted by Crippen LogP contribution is -2.30. The molecule has 0 aliphatic carbocycles. The summed E-state index contributed by atoms with van der Waals surface area (Å²) in [7, 11) is 0. The van der Waals surface area contributed by atoms with Crippen molar-refractivity contribution in [1.82, 2.24) is 5.32 Å². The second kappa shape index (κ2) is 5.83. The number of fused-ring (bicyclic) bond motifs is 1. The number of amides is 2. The van der Waals surface area contributed by atoms with Gasteiger partial charge in [-0.05, 0) is 48.8 Å². The smallest absolute Gasteiger partial charge is 0.251 e.